The van der Waals surface area contributed by atoms with E-state index in [-0.39, 0.29) is 49.8 Å². The van der Waals surface area contributed by atoms with Crippen LogP contribution in [-0.4, -0.2) is 83.6 Å². The van der Waals surface area contributed by atoms with Crippen molar-refractivity contribution in [2.45, 2.75) is 31.2 Å². The van der Waals surface area contributed by atoms with E-state index in [1.54, 1.807) is 20.2 Å². The Balaban J connectivity index is 1.46. The van der Waals surface area contributed by atoms with Crippen LogP contribution in [0.3, 0.4) is 0 Å². The molecular weight excluding hydrogens is 694 g/mol. The number of nitrogens with two attached hydrogens (primary N) is 1. The summed E-state index contributed by atoms with van der Waals surface area (Å²) >= 11 is 0. The molecule has 16 heteroatoms. The quantitative estimate of drug-likeness (QED) is 0.196. The molecule has 10 nitrogen and oxygen atoms in total. The minimum Gasteiger partial charge on any atom is -0.368 e. The molecule has 2 heterocycles. The lowest BCUT2D eigenvalue weighted by molar-refractivity contribution is -0.143. The van der Waals surface area contributed by atoms with E-state index in [9.17, 15) is 45.5 Å². The number of nitrogens with zero attached hydrogens (tertiary/aromatic N) is 4. The molecule has 1 aliphatic rings. The summed E-state index contributed by atoms with van der Waals surface area (Å²) in [6.07, 6.45) is -10.3. The number of amides is 4. The van der Waals surface area contributed by atoms with Crippen LogP contribution in [0.4, 0.5) is 32.0 Å². The number of benzene rings is 3. The molecule has 0 radical (unpaired) electrons. The summed E-state index contributed by atoms with van der Waals surface area (Å²) in [4.78, 5) is 61.6. The van der Waals surface area contributed by atoms with Crippen LogP contribution in [0.15, 0.2) is 72.8 Å². The van der Waals surface area contributed by atoms with Gasteiger partial charge in [0.05, 0.1) is 34.9 Å². The molecule has 52 heavy (non-hydrogen) atoms. The first-order chi connectivity index (χ1) is 24.4. The van der Waals surface area contributed by atoms with Crippen molar-refractivity contribution in [1.29, 1.82) is 0 Å². The van der Waals surface area contributed by atoms with Gasteiger partial charge in [0, 0.05) is 48.3 Å². The number of hydrogen-bond donors (Lipinski definition) is 2. The van der Waals surface area contributed by atoms with E-state index in [1.807, 2.05) is 35.2 Å². The van der Waals surface area contributed by atoms with E-state index in [4.69, 9.17) is 10.7 Å². The summed E-state index contributed by atoms with van der Waals surface area (Å²) in [6.45, 7) is 0.235. The second-order valence-corrected chi connectivity index (χ2v) is 12.6. The van der Waals surface area contributed by atoms with E-state index < -0.39 is 58.7 Å². The van der Waals surface area contributed by atoms with Crippen molar-refractivity contribution in [2.24, 2.45) is 5.73 Å². The number of rotatable bonds is 11. The molecular formula is C36H34F6N6O4. The summed E-state index contributed by atoms with van der Waals surface area (Å²) in [5.41, 5.74) is 2.98. The van der Waals surface area contributed by atoms with Gasteiger partial charge in [-0.15, -0.1) is 0 Å². The number of carbonyl (C=O) groups excluding carboxylic acids is 4. The van der Waals surface area contributed by atoms with Gasteiger partial charge in [0.1, 0.15) is 0 Å². The molecule has 0 spiro atoms. The smallest absolute Gasteiger partial charge is 0.368 e. The van der Waals surface area contributed by atoms with Crippen molar-refractivity contribution >= 4 is 40.2 Å². The Hall–Kier alpha value is -5.51. The van der Waals surface area contributed by atoms with Crippen molar-refractivity contribution in [3.63, 3.8) is 0 Å². The van der Waals surface area contributed by atoms with Gasteiger partial charge < -0.3 is 25.8 Å². The number of aromatic nitrogens is 1. The minimum atomic E-state index is -5.15. The fourth-order valence-electron chi connectivity index (χ4n) is 5.90. The summed E-state index contributed by atoms with van der Waals surface area (Å²) in [7, 11) is 3.60. The maximum absolute atomic E-state index is 14.2. The molecule has 1 aromatic heterocycles. The van der Waals surface area contributed by atoms with Gasteiger partial charge in [-0.05, 0) is 68.5 Å². The van der Waals surface area contributed by atoms with Crippen molar-refractivity contribution in [1.82, 2.24) is 19.7 Å². The molecule has 1 aliphatic heterocycles. The van der Waals surface area contributed by atoms with E-state index in [1.165, 1.54) is 28.0 Å². The number of pyridine rings is 1. The molecule has 4 amide bonds. The maximum atomic E-state index is 14.2. The zero-order chi connectivity index (χ0) is 38.0. The topological polar surface area (TPSA) is 129 Å². The molecule has 4 aromatic rings. The zero-order valence-electron chi connectivity index (χ0n) is 28.0. The molecule has 0 aliphatic carbocycles. The highest BCUT2D eigenvalue weighted by Crippen LogP contribution is 2.37. The maximum Gasteiger partial charge on any atom is 0.416 e. The highest BCUT2D eigenvalue weighted by molar-refractivity contribution is 6.06. The number of para-hydroxylation sites is 1. The summed E-state index contributed by atoms with van der Waals surface area (Å²) < 4.78 is 80.5. The number of halogens is 6. The Morgan fingerprint density at radius 3 is 2.21 bits per heavy atom. The van der Waals surface area contributed by atoms with Gasteiger partial charge in [-0.3, -0.25) is 24.2 Å². The van der Waals surface area contributed by atoms with Crippen LogP contribution in [-0.2, 0) is 28.4 Å². The number of hydrogen-bond acceptors (Lipinski definition) is 6. The number of alkyl halides is 6. The third kappa shape index (κ3) is 8.85. The lowest BCUT2D eigenvalue weighted by atomic mass is 9.90. The zero-order valence-corrected chi connectivity index (χ0v) is 28.0. The molecule has 3 N–H and O–H groups in total. The number of primary amides is 1. The number of nitrogens with one attached hydrogen (secondary N) is 1. The second-order valence-electron chi connectivity index (χ2n) is 12.6. The van der Waals surface area contributed by atoms with Gasteiger partial charge in [-0.1, -0.05) is 30.3 Å². The Kier molecular flexibility index (Phi) is 10.9. The molecule has 1 unspecified atom stereocenters. The number of likely N-dealkylation sites (N-methyl/N-ethyl adjacent to an activating group) is 1. The van der Waals surface area contributed by atoms with Crippen LogP contribution in [0.1, 0.15) is 55.6 Å². The Morgan fingerprint density at radius 1 is 0.904 bits per heavy atom. The molecule has 0 saturated heterocycles. The molecule has 274 valence electrons. The van der Waals surface area contributed by atoms with Crippen molar-refractivity contribution in [2.75, 3.05) is 45.6 Å². The fourth-order valence-corrected chi connectivity index (χ4v) is 5.90. The lowest BCUT2D eigenvalue weighted by Gasteiger charge is -2.37. The Labute approximate surface area is 294 Å². The third-order valence-corrected chi connectivity index (χ3v) is 8.54. The average molecular weight is 729 g/mol. The SMILES string of the molecule is CN(C)CCN(CC(N)=O)C(=O)CCN1C(=O)c2cc(NC(=O)c3cc(C(F)(F)F)cc(C(F)(F)F)c3)ccc2CC1c1ccc2ccccc2n1. The predicted molar refractivity (Wildman–Crippen MR) is 179 cm³/mol. The molecule has 5 rings (SSSR count). The van der Waals surface area contributed by atoms with E-state index >= 15 is 0 Å². The second kappa shape index (κ2) is 15.0. The minimum absolute atomic E-state index is 0.0577. The van der Waals surface area contributed by atoms with Gasteiger partial charge in [0.25, 0.3) is 11.8 Å². The Bertz CT molecular complexity index is 1980. The largest absolute Gasteiger partial charge is 0.416 e. The first-order valence-electron chi connectivity index (χ1n) is 16.0. The van der Waals surface area contributed by atoms with Crippen LogP contribution in [0.5, 0.6) is 0 Å². The van der Waals surface area contributed by atoms with Crippen molar-refractivity contribution in [3.8, 4) is 0 Å². The summed E-state index contributed by atoms with van der Waals surface area (Å²) in [5, 5.41) is 3.17. The number of fused-ring (bicyclic) bond motifs is 2. The predicted octanol–water partition coefficient (Wildman–Crippen LogP) is 5.53. The van der Waals surface area contributed by atoms with Gasteiger partial charge in [-0.25, -0.2) is 0 Å². The van der Waals surface area contributed by atoms with Crippen LogP contribution in [0.25, 0.3) is 10.9 Å². The molecule has 0 bridgehead atoms. The summed E-state index contributed by atoms with van der Waals surface area (Å²) in [6, 6.07) is 15.1. The van der Waals surface area contributed by atoms with Crippen molar-refractivity contribution in [3.05, 3.63) is 106 Å². The van der Waals surface area contributed by atoms with Gasteiger partial charge >= 0.3 is 12.4 Å². The number of carbonyl (C=O) groups is 4. The average Bonchev–Trinajstić information content (AvgIpc) is 3.08. The molecule has 3 aromatic carbocycles. The van der Waals surface area contributed by atoms with E-state index in [0.717, 1.165) is 5.39 Å². The van der Waals surface area contributed by atoms with Crippen LogP contribution < -0.4 is 11.1 Å². The normalized spacial score (nSPS) is 14.8. The standard InChI is InChI=1S/C36H34F6N6O4/c1-46(2)13-14-47(20-31(43)49)32(50)11-12-48-30(29-10-8-21-5-3-4-6-28(21)45-29)17-22-7-9-26(19-27(22)34(48)52)44-33(51)23-15-24(35(37,38)39)18-25(16-23)36(40,41)42/h3-10,15-16,18-19,30H,11-14,17,20H2,1-2H3,(H2,43,49)(H,44,51). The third-order valence-electron chi connectivity index (χ3n) is 8.54. The monoisotopic (exact) mass is 728 g/mol. The molecule has 0 fully saturated rings. The van der Waals surface area contributed by atoms with Crippen LogP contribution >= 0.6 is 0 Å². The van der Waals surface area contributed by atoms with Gasteiger partial charge in [0.2, 0.25) is 11.8 Å². The van der Waals surface area contributed by atoms with Gasteiger partial charge in [-0.2, -0.15) is 26.3 Å². The highest BCUT2D eigenvalue weighted by atomic mass is 19.4. The van der Waals surface area contributed by atoms with E-state index in [0.29, 0.717) is 35.5 Å². The first kappa shape index (κ1) is 37.7. The van der Waals surface area contributed by atoms with Crippen LogP contribution in [0, 0.1) is 0 Å². The van der Waals surface area contributed by atoms with E-state index in [2.05, 4.69) is 5.32 Å². The highest BCUT2D eigenvalue weighted by Gasteiger charge is 2.38. The fraction of sp³-hybridized carbons (Fsp3) is 0.306. The number of anilines is 1. The first-order valence-corrected chi connectivity index (χ1v) is 16.0. The Morgan fingerprint density at radius 2 is 1.58 bits per heavy atom. The lowest BCUT2D eigenvalue weighted by Crippen LogP contribution is -2.45. The van der Waals surface area contributed by atoms with Crippen LogP contribution in [0.2, 0.25) is 0 Å². The summed E-state index contributed by atoms with van der Waals surface area (Å²) in [5.74, 6) is -2.95. The van der Waals surface area contributed by atoms with Gasteiger partial charge in [0.15, 0.2) is 0 Å². The molecule has 1 atom stereocenters. The molecule has 0 saturated carbocycles. The van der Waals surface area contributed by atoms with Crippen molar-refractivity contribution < 1.29 is 45.5 Å².